The lowest BCUT2D eigenvalue weighted by Gasteiger charge is -2.34. The first kappa shape index (κ1) is 79.4. The molecule has 0 amide bonds. The fourth-order valence-electron chi connectivity index (χ4n) is 10.1. The maximum atomic E-state index is 14.4. The molecule has 540 valence electrons. The van der Waals surface area contributed by atoms with Gasteiger partial charge in [0.2, 0.25) is 0 Å². The highest BCUT2D eigenvalue weighted by Crippen LogP contribution is 2.43. The molecule has 0 saturated carbocycles. The third kappa shape index (κ3) is 19.6. The lowest BCUT2D eigenvalue weighted by atomic mass is 9.79. The number of ketones is 1. The SMILES string of the molecule is C.CC(c1ncnc(Cl)c1F)C(O)(Cn1cncn1)c1ccc(F)cc1F.CC(c1ncncc1F)C(O)(Cn1cncn1)c1ccc(F)cc1F.CCc1ncnc(Cl)c1F.C[C@@H](c1ncncc1F)[C@](O)(Cn1cncn1)c1ccc(F)cc1F.O=C(Cn1nccn1)c1ccc(F)cc1F. The number of benzene rings is 4. The summed E-state index contributed by atoms with van der Waals surface area (Å²) < 4.78 is 168. The average molecular weight is 1480 g/mol. The number of halogens is 14. The number of carbonyl (C=O) groups excluding carboxylic acids is 1. The normalized spacial score (nSPS) is 13.6. The van der Waals surface area contributed by atoms with Crippen LogP contribution in [0.1, 0.15) is 103 Å². The zero-order valence-corrected chi connectivity index (χ0v) is 54.8. The average Bonchev–Trinajstić information content (AvgIpc) is 1.64. The van der Waals surface area contributed by atoms with Crippen molar-refractivity contribution >= 4 is 29.0 Å². The van der Waals surface area contributed by atoms with Gasteiger partial charge in [0.1, 0.15) is 133 Å². The van der Waals surface area contributed by atoms with Crippen molar-refractivity contribution in [2.75, 3.05) is 0 Å². The summed E-state index contributed by atoms with van der Waals surface area (Å²) >= 11 is 11.1. The molecule has 12 rings (SSSR count). The first-order valence-corrected chi connectivity index (χ1v) is 30.4. The smallest absolute Gasteiger partial charge is 0.189 e. The van der Waals surface area contributed by atoms with Crippen LogP contribution < -0.4 is 0 Å². The van der Waals surface area contributed by atoms with Crippen LogP contribution >= 0.6 is 23.2 Å². The quantitative estimate of drug-likeness (QED) is 0.0385. The molecule has 8 aromatic heterocycles. The molecule has 0 aliphatic carbocycles. The van der Waals surface area contributed by atoms with E-state index >= 15 is 0 Å². The number of nitrogens with zero attached hydrogens (tertiary/aromatic N) is 20. The van der Waals surface area contributed by atoms with E-state index in [1.165, 1.54) is 91.5 Å². The molecule has 0 bridgehead atoms. The Hall–Kier alpha value is -11.0. The highest BCUT2D eigenvalue weighted by atomic mass is 35.5. The topological polar surface area (TPSA) is 304 Å². The van der Waals surface area contributed by atoms with E-state index < -0.39 is 115 Å². The molecule has 4 unspecified atom stereocenters. The van der Waals surface area contributed by atoms with Crippen LogP contribution in [0.25, 0.3) is 0 Å². The molecule has 103 heavy (non-hydrogen) atoms. The molecule has 0 saturated heterocycles. The zero-order chi connectivity index (χ0) is 74.1. The number of rotatable bonds is 19. The largest absolute Gasteiger partial charge is 0.382 e. The summed E-state index contributed by atoms with van der Waals surface area (Å²) in [6, 6.07) is 11.1. The van der Waals surface area contributed by atoms with Crippen molar-refractivity contribution in [2.45, 2.75) is 102 Å². The van der Waals surface area contributed by atoms with E-state index in [0.717, 1.165) is 84.7 Å². The molecule has 24 nitrogen and oxygen atoms in total. The number of aromatic nitrogens is 20. The summed E-state index contributed by atoms with van der Waals surface area (Å²) in [5.74, 6) is -13.3. The zero-order valence-electron chi connectivity index (χ0n) is 53.3. The second kappa shape index (κ2) is 35.6. The minimum absolute atomic E-state index is 0. The molecule has 8 heterocycles. The van der Waals surface area contributed by atoms with Crippen molar-refractivity contribution in [3.05, 3.63) is 286 Å². The lowest BCUT2D eigenvalue weighted by molar-refractivity contribution is -0.0137. The van der Waals surface area contributed by atoms with Gasteiger partial charge in [-0.2, -0.15) is 30.3 Å². The predicted molar refractivity (Wildman–Crippen MR) is 341 cm³/mol. The Morgan fingerprint density at radius 3 is 1.15 bits per heavy atom. The van der Waals surface area contributed by atoms with Crippen molar-refractivity contribution in [1.29, 1.82) is 0 Å². The van der Waals surface area contributed by atoms with Gasteiger partial charge in [-0.3, -0.25) is 4.79 Å². The van der Waals surface area contributed by atoms with Crippen LogP contribution in [0.4, 0.5) is 52.7 Å². The maximum absolute atomic E-state index is 14.4. The summed E-state index contributed by atoms with van der Waals surface area (Å²) in [5, 5.41) is 52.5. The van der Waals surface area contributed by atoms with E-state index in [2.05, 4.69) is 80.3 Å². The summed E-state index contributed by atoms with van der Waals surface area (Å²) in [6.07, 6.45) is 17.5. The van der Waals surface area contributed by atoms with Crippen molar-refractivity contribution in [1.82, 2.24) is 99.2 Å². The molecule has 12 aromatic rings. The van der Waals surface area contributed by atoms with Gasteiger partial charge in [-0.15, -0.1) is 0 Å². The number of carbonyl (C=O) groups is 1. The molecule has 6 atom stereocenters. The van der Waals surface area contributed by atoms with Crippen LogP contribution in [0, 0.1) is 69.8 Å². The summed E-state index contributed by atoms with van der Waals surface area (Å²) in [4.78, 5) is 53.4. The van der Waals surface area contributed by atoms with Gasteiger partial charge in [-0.1, -0.05) is 76.5 Å². The van der Waals surface area contributed by atoms with E-state index in [9.17, 15) is 72.8 Å². The molecule has 0 fully saturated rings. The van der Waals surface area contributed by atoms with Gasteiger partial charge >= 0.3 is 0 Å². The second-order valence-electron chi connectivity index (χ2n) is 21.9. The molecular weight excluding hydrogens is 1420 g/mol. The molecule has 0 aliphatic heterocycles. The van der Waals surface area contributed by atoms with Gasteiger partial charge in [0.25, 0.3) is 0 Å². The summed E-state index contributed by atoms with van der Waals surface area (Å²) in [7, 11) is 0. The third-order valence-electron chi connectivity index (χ3n) is 15.5. The first-order chi connectivity index (χ1) is 48.6. The first-order valence-electron chi connectivity index (χ1n) is 29.6. The minimum Gasteiger partial charge on any atom is -0.382 e. The molecule has 0 aliphatic rings. The Bertz CT molecular complexity index is 4600. The number of Topliss-reactive ketones (excluding diaryl/α,β-unsaturated/α-hetero) is 1. The molecule has 0 radical (unpaired) electrons. The van der Waals surface area contributed by atoms with Crippen LogP contribution in [-0.2, 0) is 49.4 Å². The van der Waals surface area contributed by atoms with E-state index in [0.29, 0.717) is 36.4 Å². The summed E-state index contributed by atoms with van der Waals surface area (Å²) in [6.45, 7) is 5.31. The minimum atomic E-state index is -2.02. The maximum Gasteiger partial charge on any atom is 0.189 e. The van der Waals surface area contributed by atoms with Gasteiger partial charge in [0, 0.05) is 58.7 Å². The molecule has 0 spiro atoms. The van der Waals surface area contributed by atoms with Crippen molar-refractivity contribution in [3.63, 3.8) is 0 Å². The van der Waals surface area contributed by atoms with Crippen LogP contribution in [0.3, 0.4) is 0 Å². The second-order valence-corrected chi connectivity index (χ2v) is 22.6. The van der Waals surface area contributed by atoms with Crippen molar-refractivity contribution < 1.29 is 72.8 Å². The number of aliphatic hydroxyl groups is 3. The van der Waals surface area contributed by atoms with E-state index in [4.69, 9.17) is 23.2 Å². The van der Waals surface area contributed by atoms with E-state index in [-0.39, 0.29) is 78.1 Å². The summed E-state index contributed by atoms with van der Waals surface area (Å²) in [5.41, 5.74) is -6.79. The Labute approximate surface area is 586 Å². The van der Waals surface area contributed by atoms with E-state index in [1.807, 2.05) is 6.92 Å². The molecule has 38 heteroatoms. The van der Waals surface area contributed by atoms with Gasteiger partial charge in [0.05, 0.1) is 72.8 Å². The lowest BCUT2D eigenvalue weighted by Crippen LogP contribution is -2.39. The van der Waals surface area contributed by atoms with E-state index in [1.54, 1.807) is 0 Å². The molecule has 4 aromatic carbocycles. The highest BCUT2D eigenvalue weighted by Gasteiger charge is 2.45. The number of aryl methyl sites for hydroxylation is 1. The predicted octanol–water partition coefficient (Wildman–Crippen LogP) is 11.1. The Morgan fingerprint density at radius 2 is 0.796 bits per heavy atom. The number of hydrogen-bond donors (Lipinski definition) is 3. The van der Waals surface area contributed by atoms with Crippen LogP contribution in [0.5, 0.6) is 0 Å². The van der Waals surface area contributed by atoms with Gasteiger partial charge < -0.3 is 15.3 Å². The molecule has 3 N–H and O–H groups in total. The fraction of sp³-hybridized carbons (Fsp3) is 0.246. The number of hydrogen-bond acceptors (Lipinski definition) is 20. The Morgan fingerprint density at radius 1 is 0.437 bits per heavy atom. The van der Waals surface area contributed by atoms with Crippen molar-refractivity contribution in [2.24, 2.45) is 0 Å². The standard InChI is InChI=1S/C16H13ClF3N5O.2C16H14F3N5O.C10H7F2N3O.C6H6ClFN2.CH4/c1-9(14-13(20)15(17)23-7-22-14)16(26,5-25-8-21-6-24-25)11-3-2-10(18)4-12(11)19;2*1-10(15-14(19)5-20-7-22-15)16(25,6-24-9-21-8-23-24)12-3-2-11(17)4-13(12)18;11-7-1-2-8(9(12)5-7)10(16)6-15-13-3-4-14-15;1-2-4-5(8)6(7)10-3-9-4;/h2-4,6-9,26H,5H2,1H3;2*2-5,7-10,25H,6H2,1H3;1-5H,6H2;3H,2H2,1H3;1H4/t;10-,16+;;;;/m.0..../s1. The highest BCUT2D eigenvalue weighted by molar-refractivity contribution is 6.29. The molecular formula is C65H58Cl2F12N20O4. The van der Waals surface area contributed by atoms with Gasteiger partial charge in [-0.05, 0) is 36.8 Å². The van der Waals surface area contributed by atoms with Gasteiger partial charge in [0.15, 0.2) is 39.4 Å². The monoisotopic (exact) mass is 1480 g/mol. The van der Waals surface area contributed by atoms with Gasteiger partial charge in [-0.25, -0.2) is 122 Å². The third-order valence-corrected chi connectivity index (χ3v) is 16.0. The fourth-order valence-corrected chi connectivity index (χ4v) is 10.4. The Balaban J connectivity index is 0.000000185. The Kier molecular flexibility index (Phi) is 27.4. The van der Waals surface area contributed by atoms with Crippen LogP contribution in [0.15, 0.2) is 161 Å². The van der Waals surface area contributed by atoms with Crippen molar-refractivity contribution in [3.8, 4) is 0 Å². The van der Waals surface area contributed by atoms with Crippen LogP contribution in [-0.4, -0.2) is 120 Å². The van der Waals surface area contributed by atoms with Crippen LogP contribution in [0.2, 0.25) is 10.3 Å².